The zero-order chi connectivity index (χ0) is 22.9. The van der Waals surface area contributed by atoms with Gasteiger partial charge in [0.05, 0.1) is 11.8 Å². The Morgan fingerprint density at radius 1 is 1.03 bits per heavy atom. The smallest absolute Gasteiger partial charge is 0.243 e. The summed E-state index contributed by atoms with van der Waals surface area (Å²) in [6, 6.07) is -0.817. The van der Waals surface area contributed by atoms with E-state index >= 15 is 0 Å². The molecule has 2 aliphatic heterocycles. The maximum absolute atomic E-state index is 13.3. The summed E-state index contributed by atoms with van der Waals surface area (Å²) in [5.41, 5.74) is -0.416. The lowest BCUT2D eigenvalue weighted by atomic mass is 9.85. The molecule has 7 nitrogen and oxygen atoms in total. The van der Waals surface area contributed by atoms with Crippen LogP contribution in [0.1, 0.15) is 66.7 Å². The van der Waals surface area contributed by atoms with Crippen LogP contribution in [0.2, 0.25) is 0 Å². The molecule has 0 aromatic rings. The lowest BCUT2D eigenvalue weighted by Gasteiger charge is -2.37. The van der Waals surface area contributed by atoms with Crippen LogP contribution in [0.5, 0.6) is 0 Å². The fourth-order valence-corrected chi connectivity index (χ4v) is 4.91. The molecule has 2 fully saturated rings. The van der Waals surface area contributed by atoms with Gasteiger partial charge in [0.15, 0.2) is 0 Å². The van der Waals surface area contributed by atoms with Gasteiger partial charge in [0.25, 0.3) is 0 Å². The van der Waals surface area contributed by atoms with Crippen molar-refractivity contribution in [2.75, 3.05) is 13.1 Å². The second-order valence-corrected chi connectivity index (χ2v) is 10.7. The number of carbonyl (C=O) groups is 4. The van der Waals surface area contributed by atoms with Crippen LogP contribution in [0.3, 0.4) is 0 Å². The molecule has 3 aliphatic rings. The van der Waals surface area contributed by atoms with Crippen LogP contribution in [0, 0.1) is 23.2 Å². The third kappa shape index (κ3) is 5.01. The van der Waals surface area contributed by atoms with E-state index in [0.29, 0.717) is 45.2 Å². The average Bonchev–Trinajstić information content (AvgIpc) is 2.96. The van der Waals surface area contributed by atoms with Crippen LogP contribution in [-0.4, -0.2) is 58.6 Å². The second kappa shape index (κ2) is 9.13. The Morgan fingerprint density at radius 3 is 2.00 bits per heavy atom. The summed E-state index contributed by atoms with van der Waals surface area (Å²) < 4.78 is 0. The van der Waals surface area contributed by atoms with E-state index in [-0.39, 0.29) is 47.4 Å². The Labute approximate surface area is 185 Å². The van der Waals surface area contributed by atoms with Gasteiger partial charge < -0.3 is 10.2 Å². The molecule has 31 heavy (non-hydrogen) atoms. The average molecular weight is 432 g/mol. The molecule has 2 heterocycles. The van der Waals surface area contributed by atoms with Crippen molar-refractivity contribution >= 4 is 23.6 Å². The van der Waals surface area contributed by atoms with E-state index in [2.05, 4.69) is 5.32 Å². The number of carbonyl (C=O) groups excluding carboxylic acids is 4. The molecule has 1 aliphatic carbocycles. The van der Waals surface area contributed by atoms with E-state index in [1.807, 2.05) is 51.7 Å². The highest BCUT2D eigenvalue weighted by Gasteiger charge is 2.51. The van der Waals surface area contributed by atoms with Gasteiger partial charge in [0, 0.05) is 24.5 Å². The summed E-state index contributed by atoms with van der Waals surface area (Å²) in [6.45, 7) is 10.9. The standard InChI is InChI=1S/C24H37N3O4/c1-15(2)14-19(27-21(29)17-8-6-7-9-18(17)22(27)30)20(28)25-16-10-12-26(13-11-16)23(31)24(3,4)5/h6-7,15-19H,8-14H2,1-5H3,(H,25,28). The molecule has 2 saturated heterocycles. The Morgan fingerprint density at radius 2 is 1.55 bits per heavy atom. The second-order valence-electron chi connectivity index (χ2n) is 10.7. The van der Waals surface area contributed by atoms with Gasteiger partial charge in [-0.25, -0.2) is 0 Å². The molecule has 0 spiro atoms. The van der Waals surface area contributed by atoms with E-state index < -0.39 is 11.5 Å². The van der Waals surface area contributed by atoms with Gasteiger partial charge in [-0.15, -0.1) is 0 Å². The molecule has 0 radical (unpaired) electrons. The summed E-state index contributed by atoms with van der Waals surface area (Å²) in [7, 11) is 0. The number of amides is 4. The number of piperidine rings is 1. The van der Waals surface area contributed by atoms with Crippen molar-refractivity contribution in [3.05, 3.63) is 12.2 Å². The van der Waals surface area contributed by atoms with Crippen molar-refractivity contribution in [3.63, 3.8) is 0 Å². The molecule has 4 amide bonds. The molecule has 0 aromatic heterocycles. The number of nitrogens with one attached hydrogen (secondary N) is 1. The molecule has 0 bridgehead atoms. The summed E-state index contributed by atoms with van der Waals surface area (Å²) in [5.74, 6) is -1.01. The van der Waals surface area contributed by atoms with Crippen molar-refractivity contribution in [2.24, 2.45) is 23.2 Å². The monoisotopic (exact) mass is 431 g/mol. The maximum Gasteiger partial charge on any atom is 0.243 e. The van der Waals surface area contributed by atoms with Gasteiger partial charge in [-0.05, 0) is 38.0 Å². The van der Waals surface area contributed by atoms with Crippen molar-refractivity contribution in [3.8, 4) is 0 Å². The van der Waals surface area contributed by atoms with Crippen LogP contribution in [-0.2, 0) is 19.2 Å². The Hall–Kier alpha value is -2.18. The minimum atomic E-state index is -0.764. The topological polar surface area (TPSA) is 86.8 Å². The number of rotatable bonds is 5. The van der Waals surface area contributed by atoms with Gasteiger partial charge in [0.1, 0.15) is 6.04 Å². The Balaban J connectivity index is 1.66. The minimum absolute atomic E-state index is 0.0528. The molecule has 172 valence electrons. The number of hydrogen-bond acceptors (Lipinski definition) is 4. The number of hydrogen-bond donors (Lipinski definition) is 1. The first-order valence-electron chi connectivity index (χ1n) is 11.6. The van der Waals surface area contributed by atoms with Crippen LogP contribution in [0.25, 0.3) is 0 Å². The minimum Gasteiger partial charge on any atom is -0.351 e. The lowest BCUT2D eigenvalue weighted by Crippen LogP contribution is -2.55. The largest absolute Gasteiger partial charge is 0.351 e. The first-order chi connectivity index (χ1) is 14.5. The predicted molar refractivity (Wildman–Crippen MR) is 118 cm³/mol. The number of imide groups is 1. The van der Waals surface area contributed by atoms with E-state index in [0.717, 1.165) is 0 Å². The quantitative estimate of drug-likeness (QED) is 0.535. The first kappa shape index (κ1) is 23.5. The Bertz CT molecular complexity index is 733. The fraction of sp³-hybridized carbons (Fsp3) is 0.750. The molecule has 0 aromatic carbocycles. The zero-order valence-electron chi connectivity index (χ0n) is 19.5. The Kier molecular flexibility index (Phi) is 6.92. The van der Waals surface area contributed by atoms with Crippen LogP contribution in [0.4, 0.5) is 0 Å². The molecular weight excluding hydrogens is 394 g/mol. The van der Waals surface area contributed by atoms with Crippen molar-refractivity contribution in [1.29, 1.82) is 0 Å². The van der Waals surface area contributed by atoms with E-state index in [1.54, 1.807) is 0 Å². The normalized spacial score (nSPS) is 25.7. The number of likely N-dealkylation sites (tertiary alicyclic amines) is 2. The van der Waals surface area contributed by atoms with E-state index in [4.69, 9.17) is 0 Å². The van der Waals surface area contributed by atoms with Crippen LogP contribution >= 0.6 is 0 Å². The van der Waals surface area contributed by atoms with Crippen molar-refractivity contribution in [1.82, 2.24) is 15.1 Å². The molecule has 7 heteroatoms. The fourth-order valence-electron chi connectivity index (χ4n) is 4.91. The highest BCUT2D eigenvalue weighted by molar-refractivity contribution is 6.08. The molecule has 3 atom stereocenters. The van der Waals surface area contributed by atoms with Gasteiger partial charge in [-0.2, -0.15) is 0 Å². The van der Waals surface area contributed by atoms with Gasteiger partial charge in [-0.3, -0.25) is 24.1 Å². The third-order valence-corrected chi connectivity index (χ3v) is 6.62. The number of nitrogens with zero attached hydrogens (tertiary/aromatic N) is 2. The SMILES string of the molecule is CC(C)CC(C(=O)NC1CCN(C(=O)C(C)(C)C)CC1)N1C(=O)C2CC=CCC2C1=O. The lowest BCUT2D eigenvalue weighted by molar-refractivity contribution is -0.149. The van der Waals surface area contributed by atoms with Crippen molar-refractivity contribution < 1.29 is 19.2 Å². The first-order valence-corrected chi connectivity index (χ1v) is 11.6. The van der Waals surface area contributed by atoms with Gasteiger partial charge in [0.2, 0.25) is 23.6 Å². The summed E-state index contributed by atoms with van der Waals surface area (Å²) in [4.78, 5) is 54.9. The van der Waals surface area contributed by atoms with E-state index in [9.17, 15) is 19.2 Å². The molecule has 3 unspecified atom stereocenters. The summed E-state index contributed by atoms with van der Waals surface area (Å²) >= 11 is 0. The van der Waals surface area contributed by atoms with Gasteiger partial charge in [-0.1, -0.05) is 46.8 Å². The summed E-state index contributed by atoms with van der Waals surface area (Å²) in [6.07, 6.45) is 6.87. The third-order valence-electron chi connectivity index (χ3n) is 6.62. The van der Waals surface area contributed by atoms with Gasteiger partial charge >= 0.3 is 0 Å². The van der Waals surface area contributed by atoms with Crippen LogP contribution < -0.4 is 5.32 Å². The molecule has 3 rings (SSSR count). The highest BCUT2D eigenvalue weighted by Crippen LogP contribution is 2.37. The number of allylic oxidation sites excluding steroid dienone is 2. The summed E-state index contributed by atoms with van der Waals surface area (Å²) in [5, 5.41) is 3.08. The highest BCUT2D eigenvalue weighted by atomic mass is 16.2. The van der Waals surface area contributed by atoms with Crippen LogP contribution in [0.15, 0.2) is 12.2 Å². The predicted octanol–water partition coefficient (Wildman–Crippen LogP) is 2.51. The molecule has 1 N–H and O–H groups in total. The number of fused-ring (bicyclic) bond motifs is 1. The van der Waals surface area contributed by atoms with Crippen molar-refractivity contribution in [2.45, 2.75) is 78.8 Å². The molecular formula is C24H37N3O4. The van der Waals surface area contributed by atoms with E-state index in [1.165, 1.54) is 4.90 Å². The maximum atomic E-state index is 13.3. The zero-order valence-corrected chi connectivity index (χ0v) is 19.5. The molecule has 0 saturated carbocycles.